The summed E-state index contributed by atoms with van der Waals surface area (Å²) < 4.78 is 27.7. The van der Waals surface area contributed by atoms with Crippen molar-refractivity contribution in [2.24, 2.45) is 17.6 Å². The van der Waals surface area contributed by atoms with Crippen LogP contribution in [0.1, 0.15) is 82.0 Å². The molecule has 52 heavy (non-hydrogen) atoms. The van der Waals surface area contributed by atoms with Gasteiger partial charge in [-0.2, -0.15) is 0 Å². The molecule has 0 radical (unpaired) electrons. The smallest absolute Gasteiger partial charge is 0.243 e. The first-order valence-corrected chi connectivity index (χ1v) is 18.1. The summed E-state index contributed by atoms with van der Waals surface area (Å²) in [5, 5.41) is 10.9. The normalized spacial score (nSPS) is 13.6. The Morgan fingerprint density at radius 1 is 0.731 bits per heavy atom. The highest BCUT2D eigenvalue weighted by Gasteiger charge is 2.33. The molecule has 0 spiro atoms. The van der Waals surface area contributed by atoms with Crippen molar-refractivity contribution in [3.63, 3.8) is 0 Å². The number of hydrogen-bond acceptors (Lipinski definition) is 5. The lowest BCUT2D eigenvalue weighted by Crippen LogP contribution is -2.54. The van der Waals surface area contributed by atoms with Crippen LogP contribution in [-0.4, -0.2) is 42.1 Å². The summed E-state index contributed by atoms with van der Waals surface area (Å²) in [5.41, 5.74) is 7.79. The van der Waals surface area contributed by atoms with Crippen LogP contribution >= 0.6 is 0 Å². The van der Waals surface area contributed by atoms with Gasteiger partial charge in [-0.05, 0) is 77.0 Å². The van der Waals surface area contributed by atoms with Gasteiger partial charge < -0.3 is 21.7 Å². The molecular weight excluding hydrogens is 662 g/mol. The zero-order valence-corrected chi connectivity index (χ0v) is 30.2. The number of halogens is 2. The molecule has 0 fully saturated rings. The van der Waals surface area contributed by atoms with E-state index in [9.17, 15) is 28.0 Å². The van der Waals surface area contributed by atoms with Gasteiger partial charge in [-0.1, -0.05) is 100 Å². The number of fused-ring (bicyclic) bond motifs is 1. The first-order chi connectivity index (χ1) is 25.0. The molecule has 4 aromatic rings. The van der Waals surface area contributed by atoms with Gasteiger partial charge in [-0.25, -0.2) is 8.78 Å². The van der Waals surface area contributed by atoms with Crippen LogP contribution in [0.4, 0.5) is 8.78 Å². The van der Waals surface area contributed by atoms with E-state index < -0.39 is 47.5 Å². The van der Waals surface area contributed by atoms with Gasteiger partial charge in [0.25, 0.3) is 0 Å². The van der Waals surface area contributed by atoms with E-state index in [0.717, 1.165) is 16.3 Å². The Hall–Kier alpha value is -4.96. The van der Waals surface area contributed by atoms with E-state index >= 15 is 0 Å². The first kappa shape index (κ1) is 39.8. The molecule has 5 N–H and O–H groups in total. The minimum absolute atomic E-state index is 0.151. The van der Waals surface area contributed by atoms with Gasteiger partial charge in [0.2, 0.25) is 17.7 Å². The van der Waals surface area contributed by atoms with Gasteiger partial charge >= 0.3 is 0 Å². The molecule has 0 aliphatic heterocycles. The zero-order valence-electron chi connectivity index (χ0n) is 30.2. The Kier molecular flexibility index (Phi) is 15.0. The molecular formula is C42H50F2N4O4. The van der Waals surface area contributed by atoms with Crippen LogP contribution in [-0.2, 0) is 25.6 Å². The second kappa shape index (κ2) is 19.6. The number of ketones is 1. The standard InChI is InChI=1S/C42H50F2N4O4/c1-4-27(3)39(47-42(52)36(46-38(50)5-2)25-28-13-14-29-10-6-7-11-32(29)24-28)37(49)26-33(12-8-9-23-45)41(51)48-40(30-15-19-34(43)20-16-30)31-17-21-35(44)22-18-31/h6-7,10-11,13-22,24,27,33,36,39-40H,4-5,8-9,12,23,25-26,45H2,1-3H3,(H,46,50)(H,47,52)(H,48,51)/t27-,33+,36-,39-/m0/s1. The number of Topliss-reactive ketones (excluding diaryl/α,β-unsaturated/α-hetero) is 1. The molecule has 3 amide bonds. The molecule has 0 unspecified atom stereocenters. The van der Waals surface area contributed by atoms with Gasteiger partial charge in [0, 0.05) is 25.2 Å². The average molecular weight is 713 g/mol. The summed E-state index contributed by atoms with van der Waals surface area (Å²) in [6, 6.07) is 22.6. The molecule has 4 aromatic carbocycles. The Morgan fingerprint density at radius 2 is 1.35 bits per heavy atom. The first-order valence-electron chi connectivity index (χ1n) is 18.1. The van der Waals surface area contributed by atoms with Crippen LogP contribution in [0.25, 0.3) is 10.8 Å². The van der Waals surface area contributed by atoms with E-state index in [4.69, 9.17) is 5.73 Å². The third-order valence-electron chi connectivity index (χ3n) is 9.60. The van der Waals surface area contributed by atoms with Crippen molar-refractivity contribution in [3.8, 4) is 0 Å². The molecule has 276 valence electrons. The van der Waals surface area contributed by atoms with Gasteiger partial charge in [0.15, 0.2) is 5.78 Å². The highest BCUT2D eigenvalue weighted by atomic mass is 19.1. The number of benzene rings is 4. The number of carbonyl (C=O) groups is 4. The van der Waals surface area contributed by atoms with Gasteiger partial charge in [-0.3, -0.25) is 19.2 Å². The number of amides is 3. The fourth-order valence-electron chi connectivity index (χ4n) is 6.30. The van der Waals surface area contributed by atoms with E-state index in [1.165, 1.54) is 24.3 Å². The Labute approximate surface area is 304 Å². The predicted molar refractivity (Wildman–Crippen MR) is 200 cm³/mol. The number of hydrogen-bond donors (Lipinski definition) is 4. The number of carbonyl (C=O) groups excluding carboxylic acids is 4. The van der Waals surface area contributed by atoms with Crippen LogP contribution in [0.5, 0.6) is 0 Å². The summed E-state index contributed by atoms with van der Waals surface area (Å²) in [6.07, 6.45) is 2.45. The number of nitrogens with two attached hydrogens (primary N) is 1. The molecule has 0 aliphatic carbocycles. The molecule has 0 saturated carbocycles. The minimum atomic E-state index is -0.927. The van der Waals surface area contributed by atoms with E-state index in [0.29, 0.717) is 43.4 Å². The molecule has 8 nitrogen and oxygen atoms in total. The van der Waals surface area contributed by atoms with Crippen molar-refractivity contribution in [2.45, 2.75) is 83.8 Å². The molecule has 10 heteroatoms. The highest BCUT2D eigenvalue weighted by molar-refractivity contribution is 5.95. The summed E-state index contributed by atoms with van der Waals surface area (Å²) in [5.74, 6) is -3.39. The second-order valence-electron chi connectivity index (χ2n) is 13.4. The van der Waals surface area contributed by atoms with Crippen LogP contribution < -0.4 is 21.7 Å². The van der Waals surface area contributed by atoms with Crippen LogP contribution in [0, 0.1) is 23.5 Å². The van der Waals surface area contributed by atoms with Crippen LogP contribution in [0.3, 0.4) is 0 Å². The quantitative estimate of drug-likeness (QED) is 0.0805. The molecule has 0 bridgehead atoms. The summed E-state index contributed by atoms with van der Waals surface area (Å²) in [4.78, 5) is 54.6. The van der Waals surface area contributed by atoms with Gasteiger partial charge in [0.05, 0.1) is 12.1 Å². The topological polar surface area (TPSA) is 130 Å². The molecule has 0 aromatic heterocycles. The third-order valence-corrected chi connectivity index (χ3v) is 9.60. The number of unbranched alkanes of at least 4 members (excludes halogenated alkanes) is 1. The maximum Gasteiger partial charge on any atom is 0.243 e. The van der Waals surface area contributed by atoms with Gasteiger partial charge in [0.1, 0.15) is 17.7 Å². The van der Waals surface area contributed by atoms with Crippen molar-refractivity contribution in [2.75, 3.05) is 6.54 Å². The second-order valence-corrected chi connectivity index (χ2v) is 13.4. The van der Waals surface area contributed by atoms with Crippen LogP contribution in [0.15, 0.2) is 91.0 Å². The van der Waals surface area contributed by atoms with Gasteiger partial charge in [-0.15, -0.1) is 0 Å². The van der Waals surface area contributed by atoms with Crippen molar-refractivity contribution in [1.82, 2.24) is 16.0 Å². The fourth-order valence-corrected chi connectivity index (χ4v) is 6.30. The van der Waals surface area contributed by atoms with E-state index in [2.05, 4.69) is 16.0 Å². The maximum atomic E-state index is 14.1. The van der Waals surface area contributed by atoms with Crippen molar-refractivity contribution in [1.29, 1.82) is 0 Å². The summed E-state index contributed by atoms with van der Waals surface area (Å²) in [6.45, 7) is 5.92. The summed E-state index contributed by atoms with van der Waals surface area (Å²) >= 11 is 0. The lowest BCUT2D eigenvalue weighted by molar-refractivity contribution is -0.134. The molecule has 4 atom stereocenters. The number of rotatable bonds is 19. The van der Waals surface area contributed by atoms with Crippen molar-refractivity contribution in [3.05, 3.63) is 119 Å². The Bertz CT molecular complexity index is 1750. The lowest BCUT2D eigenvalue weighted by Gasteiger charge is -2.28. The Morgan fingerprint density at radius 3 is 1.92 bits per heavy atom. The highest BCUT2D eigenvalue weighted by Crippen LogP contribution is 2.26. The van der Waals surface area contributed by atoms with Crippen molar-refractivity contribution >= 4 is 34.3 Å². The largest absolute Gasteiger partial charge is 0.345 e. The lowest BCUT2D eigenvalue weighted by atomic mass is 9.87. The Balaban J connectivity index is 1.56. The van der Waals surface area contributed by atoms with E-state index in [-0.39, 0.29) is 36.9 Å². The average Bonchev–Trinajstić information content (AvgIpc) is 3.15. The predicted octanol–water partition coefficient (Wildman–Crippen LogP) is 6.70. The van der Waals surface area contributed by atoms with E-state index in [1.807, 2.05) is 56.3 Å². The summed E-state index contributed by atoms with van der Waals surface area (Å²) in [7, 11) is 0. The maximum absolute atomic E-state index is 14.1. The SMILES string of the molecule is CCC(=O)N[C@@H](Cc1ccc2ccccc2c1)C(=O)N[C@H](C(=O)C[C@@H](CCCCN)C(=O)NC(c1ccc(F)cc1)c1ccc(F)cc1)[C@@H](C)CC. The molecule has 0 saturated heterocycles. The number of nitrogens with one attached hydrogen (secondary N) is 3. The van der Waals surface area contributed by atoms with Crippen molar-refractivity contribution < 1.29 is 28.0 Å². The molecule has 4 rings (SSSR count). The zero-order chi connectivity index (χ0) is 37.6. The fraction of sp³-hybridized carbons (Fsp3) is 0.381. The molecule has 0 heterocycles. The third kappa shape index (κ3) is 11.3. The monoisotopic (exact) mass is 712 g/mol. The van der Waals surface area contributed by atoms with E-state index in [1.54, 1.807) is 31.2 Å². The van der Waals surface area contributed by atoms with Crippen LogP contribution in [0.2, 0.25) is 0 Å². The minimum Gasteiger partial charge on any atom is -0.345 e. The molecule has 0 aliphatic rings.